The highest BCUT2D eigenvalue weighted by Crippen LogP contribution is 2.25. The first-order chi connectivity index (χ1) is 6.57. The molecule has 0 atom stereocenters. The summed E-state index contributed by atoms with van der Waals surface area (Å²) in [5, 5.41) is 0.958. The number of benzene rings is 1. The van der Waals surface area contributed by atoms with Crippen LogP contribution in [0.5, 0.6) is 0 Å². The Hall–Kier alpha value is -1.11. The number of amides is 2. The Kier molecular flexibility index (Phi) is 3.45. The molecule has 0 radical (unpaired) electrons. The summed E-state index contributed by atoms with van der Waals surface area (Å²) < 4.78 is 0.885. The van der Waals surface area contributed by atoms with Crippen molar-refractivity contribution >= 4 is 27.6 Å². The number of halogens is 1. The molecule has 0 spiro atoms. The first-order valence-corrected chi connectivity index (χ1v) is 4.67. The number of hydrogen-bond acceptors (Lipinski definition) is 3. The minimum atomic E-state index is -0.564. The maximum atomic E-state index is 11.1. The van der Waals surface area contributed by atoms with Gasteiger partial charge in [-0.3, -0.25) is 5.43 Å². The molecule has 0 aromatic heterocycles. The maximum absolute atomic E-state index is 11.1. The molecular formula is C8H11BrN4O. The SMILES string of the molecule is Cc1c(Br)cccc1N(N)C(=O)NN. The van der Waals surface area contributed by atoms with Crippen LogP contribution in [0.4, 0.5) is 10.5 Å². The quantitative estimate of drug-likeness (QED) is 0.400. The second-order valence-corrected chi connectivity index (χ2v) is 3.56. The van der Waals surface area contributed by atoms with Crippen molar-refractivity contribution < 1.29 is 4.79 Å². The van der Waals surface area contributed by atoms with Crippen molar-refractivity contribution in [1.29, 1.82) is 0 Å². The number of nitrogens with two attached hydrogens (primary N) is 2. The highest BCUT2D eigenvalue weighted by molar-refractivity contribution is 9.10. The van der Waals surface area contributed by atoms with Crippen molar-refractivity contribution in [2.75, 3.05) is 5.01 Å². The van der Waals surface area contributed by atoms with E-state index in [0.29, 0.717) is 5.69 Å². The van der Waals surface area contributed by atoms with Crippen LogP contribution in [0, 0.1) is 6.92 Å². The highest BCUT2D eigenvalue weighted by Gasteiger charge is 2.13. The summed E-state index contributed by atoms with van der Waals surface area (Å²) in [4.78, 5) is 11.1. The zero-order valence-electron chi connectivity index (χ0n) is 7.62. The Balaban J connectivity index is 3.07. The number of carbonyl (C=O) groups is 1. The smallest absolute Gasteiger partial charge is 0.274 e. The third-order valence-electron chi connectivity index (χ3n) is 1.84. The second kappa shape index (κ2) is 4.41. The van der Waals surface area contributed by atoms with E-state index in [0.717, 1.165) is 15.0 Å². The fourth-order valence-corrected chi connectivity index (χ4v) is 1.39. The van der Waals surface area contributed by atoms with Crippen molar-refractivity contribution in [2.45, 2.75) is 6.92 Å². The molecule has 1 aromatic carbocycles. The van der Waals surface area contributed by atoms with E-state index in [-0.39, 0.29) is 0 Å². The molecule has 0 fully saturated rings. The number of hydrazine groups is 2. The molecule has 76 valence electrons. The van der Waals surface area contributed by atoms with Gasteiger partial charge in [-0.15, -0.1) is 0 Å². The lowest BCUT2D eigenvalue weighted by Crippen LogP contribution is -2.47. The molecule has 5 nitrogen and oxygen atoms in total. The van der Waals surface area contributed by atoms with Gasteiger partial charge in [-0.25, -0.2) is 21.5 Å². The fourth-order valence-electron chi connectivity index (χ4n) is 1.04. The molecule has 0 saturated heterocycles. The summed E-state index contributed by atoms with van der Waals surface area (Å²) in [6, 6.07) is 4.82. The molecular weight excluding hydrogens is 248 g/mol. The molecule has 0 heterocycles. The molecule has 0 saturated carbocycles. The van der Waals surface area contributed by atoms with Gasteiger partial charge in [-0.1, -0.05) is 22.0 Å². The van der Waals surface area contributed by atoms with Crippen LogP contribution in [0.3, 0.4) is 0 Å². The van der Waals surface area contributed by atoms with Gasteiger partial charge in [-0.2, -0.15) is 0 Å². The van der Waals surface area contributed by atoms with E-state index in [9.17, 15) is 4.79 Å². The minimum Gasteiger partial charge on any atom is -0.274 e. The predicted octanol–water partition coefficient (Wildman–Crippen LogP) is 1.02. The van der Waals surface area contributed by atoms with E-state index in [2.05, 4.69) is 15.9 Å². The molecule has 5 N–H and O–H groups in total. The van der Waals surface area contributed by atoms with Crippen molar-refractivity contribution in [3.63, 3.8) is 0 Å². The monoisotopic (exact) mass is 258 g/mol. The van der Waals surface area contributed by atoms with Gasteiger partial charge < -0.3 is 0 Å². The van der Waals surface area contributed by atoms with E-state index in [1.807, 2.05) is 18.4 Å². The summed E-state index contributed by atoms with van der Waals surface area (Å²) in [7, 11) is 0. The lowest BCUT2D eigenvalue weighted by molar-refractivity contribution is 0.246. The fraction of sp³-hybridized carbons (Fsp3) is 0.125. The van der Waals surface area contributed by atoms with Gasteiger partial charge in [0.25, 0.3) is 0 Å². The molecule has 0 bridgehead atoms. The number of nitrogens with zero attached hydrogens (tertiary/aromatic N) is 1. The lowest BCUT2D eigenvalue weighted by Gasteiger charge is -2.18. The molecule has 6 heteroatoms. The Morgan fingerprint density at radius 3 is 2.79 bits per heavy atom. The van der Waals surface area contributed by atoms with Gasteiger partial charge in [0.2, 0.25) is 0 Å². The van der Waals surface area contributed by atoms with Crippen LogP contribution in [0.15, 0.2) is 22.7 Å². The van der Waals surface area contributed by atoms with Crippen molar-refractivity contribution in [1.82, 2.24) is 5.43 Å². The number of anilines is 1. The molecule has 0 unspecified atom stereocenters. The van der Waals surface area contributed by atoms with Gasteiger partial charge in [0.05, 0.1) is 5.69 Å². The molecule has 1 rings (SSSR count). The number of urea groups is 1. The number of nitrogens with one attached hydrogen (secondary N) is 1. The summed E-state index contributed by atoms with van der Waals surface area (Å²) in [6.07, 6.45) is 0. The Labute approximate surface area is 90.1 Å². The molecule has 2 amide bonds. The summed E-state index contributed by atoms with van der Waals surface area (Å²) >= 11 is 3.34. The van der Waals surface area contributed by atoms with Crippen LogP contribution >= 0.6 is 15.9 Å². The average Bonchev–Trinajstić information content (AvgIpc) is 2.20. The van der Waals surface area contributed by atoms with Crippen molar-refractivity contribution in [3.05, 3.63) is 28.2 Å². The van der Waals surface area contributed by atoms with E-state index in [4.69, 9.17) is 11.7 Å². The van der Waals surface area contributed by atoms with Crippen LogP contribution in [-0.2, 0) is 0 Å². The largest absolute Gasteiger partial charge is 0.350 e. The normalized spacial score (nSPS) is 9.71. The van der Waals surface area contributed by atoms with Crippen LogP contribution < -0.4 is 22.1 Å². The van der Waals surface area contributed by atoms with Gasteiger partial charge >= 0.3 is 6.03 Å². The zero-order chi connectivity index (χ0) is 10.7. The first-order valence-electron chi connectivity index (χ1n) is 3.88. The Morgan fingerprint density at radius 1 is 1.57 bits per heavy atom. The molecule has 0 aliphatic rings. The van der Waals surface area contributed by atoms with Gasteiger partial charge in [-0.05, 0) is 24.6 Å². The standard InChI is InChI=1S/C8H11BrN4O/c1-5-6(9)3-2-4-7(5)13(11)8(14)12-10/h2-4H,10-11H2,1H3,(H,12,14). The van der Waals surface area contributed by atoms with Crippen LogP contribution in [0.2, 0.25) is 0 Å². The second-order valence-electron chi connectivity index (χ2n) is 2.70. The van der Waals surface area contributed by atoms with Crippen molar-refractivity contribution in [3.8, 4) is 0 Å². The molecule has 1 aromatic rings. The average molecular weight is 259 g/mol. The van der Waals surface area contributed by atoms with E-state index < -0.39 is 6.03 Å². The Bertz CT molecular complexity index is 355. The summed E-state index contributed by atoms with van der Waals surface area (Å²) in [6.45, 7) is 1.85. The van der Waals surface area contributed by atoms with E-state index in [1.165, 1.54) is 0 Å². The number of hydrogen-bond donors (Lipinski definition) is 3. The summed E-state index contributed by atoms with van der Waals surface area (Å²) in [5.74, 6) is 10.5. The first kappa shape index (κ1) is 11.0. The number of carbonyl (C=O) groups excluding carboxylic acids is 1. The Morgan fingerprint density at radius 2 is 2.21 bits per heavy atom. The maximum Gasteiger partial charge on any atom is 0.350 e. The van der Waals surface area contributed by atoms with Crippen LogP contribution in [0.25, 0.3) is 0 Å². The minimum absolute atomic E-state index is 0.564. The predicted molar refractivity (Wildman–Crippen MR) is 58.3 cm³/mol. The number of rotatable bonds is 1. The zero-order valence-corrected chi connectivity index (χ0v) is 9.21. The van der Waals surface area contributed by atoms with Gasteiger partial charge in [0.1, 0.15) is 0 Å². The molecule has 0 aliphatic carbocycles. The van der Waals surface area contributed by atoms with Gasteiger partial charge in [0, 0.05) is 4.47 Å². The third-order valence-corrected chi connectivity index (χ3v) is 2.70. The highest BCUT2D eigenvalue weighted by atomic mass is 79.9. The van der Waals surface area contributed by atoms with Crippen molar-refractivity contribution in [2.24, 2.45) is 11.7 Å². The third kappa shape index (κ3) is 2.03. The van der Waals surface area contributed by atoms with Gasteiger partial charge in [0.15, 0.2) is 0 Å². The van der Waals surface area contributed by atoms with Crippen LogP contribution in [-0.4, -0.2) is 6.03 Å². The van der Waals surface area contributed by atoms with E-state index >= 15 is 0 Å². The molecule has 0 aliphatic heterocycles. The van der Waals surface area contributed by atoms with Crippen LogP contribution in [0.1, 0.15) is 5.56 Å². The topological polar surface area (TPSA) is 84.4 Å². The molecule has 14 heavy (non-hydrogen) atoms. The lowest BCUT2D eigenvalue weighted by atomic mass is 10.2. The van der Waals surface area contributed by atoms with E-state index in [1.54, 1.807) is 12.1 Å². The summed E-state index contributed by atoms with van der Waals surface area (Å²) in [5.41, 5.74) is 3.43.